The summed E-state index contributed by atoms with van der Waals surface area (Å²) in [7, 11) is 0. The van der Waals surface area contributed by atoms with Crippen LogP contribution in [0.1, 0.15) is 35.0 Å². The molecule has 2 bridgehead atoms. The Labute approximate surface area is 134 Å². The molecular formula is C17H21N3OS. The number of piperidine rings is 3. The molecule has 0 aliphatic carbocycles. The second kappa shape index (κ2) is 5.63. The molecule has 116 valence electrons. The lowest BCUT2D eigenvalue weighted by Gasteiger charge is -2.44. The lowest BCUT2D eigenvalue weighted by Crippen LogP contribution is -2.57. The van der Waals surface area contributed by atoms with Gasteiger partial charge < -0.3 is 10.2 Å². The number of benzene rings is 1. The molecule has 3 fully saturated rings. The van der Waals surface area contributed by atoms with Crippen LogP contribution in [-0.2, 0) is 6.42 Å². The zero-order chi connectivity index (χ0) is 15.1. The van der Waals surface area contributed by atoms with E-state index >= 15 is 0 Å². The maximum atomic E-state index is 12.6. The van der Waals surface area contributed by atoms with Gasteiger partial charge in [0, 0.05) is 28.4 Å². The number of carbonyl (C=O) groups is 1. The van der Waals surface area contributed by atoms with Gasteiger partial charge in [-0.15, -0.1) is 0 Å². The van der Waals surface area contributed by atoms with Crippen LogP contribution in [0, 0.1) is 5.92 Å². The third kappa shape index (κ3) is 2.42. The third-order valence-electron chi connectivity index (χ3n) is 5.11. The van der Waals surface area contributed by atoms with Gasteiger partial charge in [-0.05, 0) is 61.9 Å². The van der Waals surface area contributed by atoms with Crippen LogP contribution >= 0.6 is 11.5 Å². The fourth-order valence-corrected chi connectivity index (χ4v) is 4.53. The summed E-state index contributed by atoms with van der Waals surface area (Å²) in [6.45, 7) is 5.54. The van der Waals surface area contributed by atoms with Gasteiger partial charge in [-0.1, -0.05) is 13.0 Å². The number of nitrogens with zero attached hydrogens (tertiary/aromatic N) is 2. The molecule has 0 saturated carbocycles. The van der Waals surface area contributed by atoms with Gasteiger partial charge in [-0.25, -0.2) is 0 Å². The number of rotatable bonds is 3. The molecule has 5 heteroatoms. The average molecular weight is 315 g/mol. The number of amides is 1. The Kier molecular flexibility index (Phi) is 3.62. The highest BCUT2D eigenvalue weighted by molar-refractivity contribution is 7.07. The fourth-order valence-electron chi connectivity index (χ4n) is 3.77. The van der Waals surface area contributed by atoms with Crippen LogP contribution in [0.3, 0.4) is 0 Å². The lowest BCUT2D eigenvalue weighted by atomic mass is 9.84. The summed E-state index contributed by atoms with van der Waals surface area (Å²) in [6, 6.07) is 6.23. The quantitative estimate of drug-likeness (QED) is 0.947. The topological polar surface area (TPSA) is 45.2 Å². The number of fused-ring (bicyclic) bond motifs is 4. The summed E-state index contributed by atoms with van der Waals surface area (Å²) >= 11 is 1.54. The smallest absolute Gasteiger partial charge is 0.251 e. The van der Waals surface area contributed by atoms with Gasteiger partial charge in [0.15, 0.2) is 0 Å². The number of hydrogen-bond donors (Lipinski definition) is 1. The Morgan fingerprint density at radius 3 is 2.91 bits per heavy atom. The van der Waals surface area contributed by atoms with Crippen LogP contribution in [0.5, 0.6) is 0 Å². The second-order valence-corrected chi connectivity index (χ2v) is 7.27. The molecule has 1 atom stereocenters. The molecule has 3 aliphatic rings. The van der Waals surface area contributed by atoms with Crippen molar-refractivity contribution in [2.45, 2.75) is 32.2 Å². The SMILES string of the molecule is CCc1snc2cc(C(=O)N[C@H]3CN4CCC3CC4)ccc12. The van der Waals surface area contributed by atoms with Crippen molar-refractivity contribution in [3.63, 3.8) is 0 Å². The van der Waals surface area contributed by atoms with Gasteiger partial charge >= 0.3 is 0 Å². The first kappa shape index (κ1) is 14.2. The van der Waals surface area contributed by atoms with Crippen molar-refractivity contribution >= 4 is 28.3 Å². The highest BCUT2D eigenvalue weighted by Gasteiger charge is 2.34. The molecule has 5 rings (SSSR count). The van der Waals surface area contributed by atoms with Crippen molar-refractivity contribution in [3.8, 4) is 0 Å². The van der Waals surface area contributed by atoms with Crippen LogP contribution in [0.25, 0.3) is 10.9 Å². The van der Waals surface area contributed by atoms with Crippen LogP contribution in [-0.4, -0.2) is 40.9 Å². The van der Waals surface area contributed by atoms with E-state index in [1.165, 1.54) is 36.2 Å². The van der Waals surface area contributed by atoms with E-state index < -0.39 is 0 Å². The third-order valence-corrected chi connectivity index (χ3v) is 6.13. The Hall–Kier alpha value is -1.46. The van der Waals surface area contributed by atoms with E-state index in [0.29, 0.717) is 12.0 Å². The lowest BCUT2D eigenvalue weighted by molar-refractivity contribution is 0.0620. The molecule has 0 unspecified atom stereocenters. The minimum absolute atomic E-state index is 0.0479. The first-order valence-corrected chi connectivity index (χ1v) is 8.93. The summed E-state index contributed by atoms with van der Waals surface area (Å²) in [5.74, 6) is 0.704. The molecule has 22 heavy (non-hydrogen) atoms. The average Bonchev–Trinajstić information content (AvgIpc) is 2.98. The Morgan fingerprint density at radius 1 is 1.41 bits per heavy atom. The summed E-state index contributed by atoms with van der Waals surface area (Å²) in [6.07, 6.45) is 3.43. The summed E-state index contributed by atoms with van der Waals surface area (Å²) in [4.78, 5) is 16.3. The highest BCUT2D eigenvalue weighted by atomic mass is 32.1. The zero-order valence-corrected chi connectivity index (χ0v) is 13.7. The minimum atomic E-state index is 0.0479. The Bertz CT molecular complexity index is 703. The number of nitrogens with one attached hydrogen (secondary N) is 1. The molecule has 1 aromatic heterocycles. The van der Waals surface area contributed by atoms with Crippen LogP contribution in [0.2, 0.25) is 0 Å². The van der Waals surface area contributed by atoms with E-state index in [4.69, 9.17) is 0 Å². The Balaban J connectivity index is 1.52. The maximum Gasteiger partial charge on any atom is 0.251 e. The van der Waals surface area contributed by atoms with Gasteiger partial charge in [0.2, 0.25) is 0 Å². The molecule has 4 heterocycles. The monoisotopic (exact) mass is 315 g/mol. The van der Waals surface area contributed by atoms with Crippen molar-refractivity contribution < 1.29 is 4.79 Å². The molecule has 0 radical (unpaired) electrons. The molecule has 1 aromatic carbocycles. The van der Waals surface area contributed by atoms with Crippen molar-refractivity contribution in [3.05, 3.63) is 28.6 Å². The van der Waals surface area contributed by atoms with E-state index in [-0.39, 0.29) is 5.91 Å². The van der Waals surface area contributed by atoms with Gasteiger partial charge in [-0.2, -0.15) is 4.37 Å². The predicted molar refractivity (Wildman–Crippen MR) is 89.4 cm³/mol. The maximum absolute atomic E-state index is 12.6. The largest absolute Gasteiger partial charge is 0.348 e. The normalized spacial score (nSPS) is 27.2. The standard InChI is InChI=1S/C17H21N3OS/c1-2-16-13-4-3-12(9-14(13)19-22-16)17(21)18-15-10-20-7-5-11(15)6-8-20/h3-4,9,11,15H,2,5-8,10H2,1H3,(H,18,21)/t15-/m0/s1. The number of hydrogen-bond acceptors (Lipinski definition) is 4. The Morgan fingerprint density at radius 2 is 2.23 bits per heavy atom. The molecular weight excluding hydrogens is 294 g/mol. The first-order valence-electron chi connectivity index (χ1n) is 8.16. The van der Waals surface area contributed by atoms with E-state index in [1.54, 1.807) is 11.5 Å². The van der Waals surface area contributed by atoms with E-state index in [2.05, 4.69) is 21.5 Å². The van der Waals surface area contributed by atoms with Crippen molar-refractivity contribution in [1.29, 1.82) is 0 Å². The van der Waals surface area contributed by atoms with E-state index in [0.717, 1.165) is 24.0 Å². The van der Waals surface area contributed by atoms with E-state index in [1.807, 2.05) is 18.2 Å². The summed E-state index contributed by atoms with van der Waals surface area (Å²) in [5.41, 5.74) is 1.68. The molecule has 1 N–H and O–H groups in total. The van der Waals surface area contributed by atoms with Crippen molar-refractivity contribution in [2.75, 3.05) is 19.6 Å². The minimum Gasteiger partial charge on any atom is -0.348 e. The van der Waals surface area contributed by atoms with Gasteiger partial charge in [0.25, 0.3) is 5.91 Å². The molecule has 1 amide bonds. The summed E-state index contributed by atoms with van der Waals surface area (Å²) in [5, 5.41) is 4.43. The summed E-state index contributed by atoms with van der Waals surface area (Å²) < 4.78 is 4.47. The molecule has 4 nitrogen and oxygen atoms in total. The molecule has 0 spiro atoms. The predicted octanol–water partition coefficient (Wildman–Crippen LogP) is 2.68. The number of aromatic nitrogens is 1. The second-order valence-electron chi connectivity index (χ2n) is 6.41. The number of carbonyl (C=O) groups excluding carboxylic acids is 1. The first-order chi connectivity index (χ1) is 10.7. The molecule has 3 saturated heterocycles. The highest BCUT2D eigenvalue weighted by Crippen LogP contribution is 2.28. The van der Waals surface area contributed by atoms with E-state index in [9.17, 15) is 4.79 Å². The fraction of sp³-hybridized carbons (Fsp3) is 0.529. The van der Waals surface area contributed by atoms with Gasteiger partial charge in [0.05, 0.1) is 5.52 Å². The van der Waals surface area contributed by atoms with Gasteiger partial charge in [-0.3, -0.25) is 4.79 Å². The van der Waals surface area contributed by atoms with Crippen LogP contribution in [0.15, 0.2) is 18.2 Å². The van der Waals surface area contributed by atoms with Crippen molar-refractivity contribution in [2.24, 2.45) is 5.92 Å². The molecule has 2 aromatic rings. The van der Waals surface area contributed by atoms with Crippen LogP contribution in [0.4, 0.5) is 0 Å². The number of aryl methyl sites for hydroxylation is 1. The molecule has 3 aliphatic heterocycles. The zero-order valence-electron chi connectivity index (χ0n) is 12.8. The van der Waals surface area contributed by atoms with Gasteiger partial charge in [0.1, 0.15) is 0 Å². The van der Waals surface area contributed by atoms with Crippen molar-refractivity contribution in [1.82, 2.24) is 14.6 Å². The van der Waals surface area contributed by atoms with Crippen LogP contribution < -0.4 is 5.32 Å².